The molecule has 0 unspecified atom stereocenters. The largest absolute Gasteiger partial charge is 0.416 e. The summed E-state index contributed by atoms with van der Waals surface area (Å²) in [5.74, 6) is -0.0554. The quantitative estimate of drug-likeness (QED) is 0.398. The van der Waals surface area contributed by atoms with E-state index in [1.54, 1.807) is 4.90 Å². The first-order valence-electron chi connectivity index (χ1n) is 12.6. The first-order chi connectivity index (χ1) is 18.5. The van der Waals surface area contributed by atoms with Crippen molar-refractivity contribution in [3.63, 3.8) is 0 Å². The van der Waals surface area contributed by atoms with Crippen molar-refractivity contribution in [1.82, 2.24) is 14.8 Å². The third-order valence-corrected chi connectivity index (χ3v) is 7.48. The number of nitrogens with two attached hydrogens (primary N) is 1. The lowest BCUT2D eigenvalue weighted by atomic mass is 9.88. The fourth-order valence-electron chi connectivity index (χ4n) is 5.53. The van der Waals surface area contributed by atoms with Gasteiger partial charge in [0.1, 0.15) is 5.52 Å². The lowest BCUT2D eigenvalue weighted by Gasteiger charge is -2.38. The summed E-state index contributed by atoms with van der Waals surface area (Å²) < 4.78 is 46.6. The van der Waals surface area contributed by atoms with Gasteiger partial charge in [-0.3, -0.25) is 9.59 Å². The van der Waals surface area contributed by atoms with Gasteiger partial charge in [-0.2, -0.15) is 18.3 Å². The number of alkyl halides is 3. The SMILES string of the molecule is CC1(Cn2cc(-c3ccc4c(c3)CCN4C(=O)Cc3cccc(C(F)(F)F)c3)c3c(N)n[nH]c(=O)c32)COC1. The smallest absolute Gasteiger partial charge is 0.382 e. The highest BCUT2D eigenvalue weighted by Gasteiger charge is 2.35. The number of ether oxygens (including phenoxy) is 1. The first-order valence-corrected chi connectivity index (χ1v) is 12.6. The third-order valence-electron chi connectivity index (χ3n) is 7.48. The van der Waals surface area contributed by atoms with Crippen LogP contribution in [-0.4, -0.2) is 40.4 Å². The minimum Gasteiger partial charge on any atom is -0.382 e. The van der Waals surface area contributed by atoms with Gasteiger partial charge in [0.05, 0.1) is 30.6 Å². The average Bonchev–Trinajstić information content (AvgIpc) is 3.47. The van der Waals surface area contributed by atoms with Crippen LogP contribution < -0.4 is 16.2 Å². The van der Waals surface area contributed by atoms with E-state index >= 15 is 0 Å². The second-order valence-electron chi connectivity index (χ2n) is 10.6. The molecule has 1 fully saturated rings. The summed E-state index contributed by atoms with van der Waals surface area (Å²) in [4.78, 5) is 27.5. The fraction of sp³-hybridized carbons (Fsp3) is 0.321. The Bertz CT molecular complexity index is 1670. The summed E-state index contributed by atoms with van der Waals surface area (Å²) >= 11 is 0. The Morgan fingerprint density at radius 2 is 2.00 bits per heavy atom. The van der Waals surface area contributed by atoms with E-state index in [-0.39, 0.29) is 29.1 Å². The number of hydrogen-bond donors (Lipinski definition) is 2. The van der Waals surface area contributed by atoms with E-state index in [9.17, 15) is 22.8 Å². The molecule has 2 aromatic heterocycles. The van der Waals surface area contributed by atoms with Crippen LogP contribution in [0.5, 0.6) is 0 Å². The number of benzene rings is 2. The molecular weight excluding hydrogens is 511 g/mol. The molecule has 3 N–H and O–H groups in total. The number of nitrogens with one attached hydrogen (secondary N) is 1. The van der Waals surface area contributed by atoms with Gasteiger partial charge in [0.25, 0.3) is 5.56 Å². The van der Waals surface area contributed by atoms with E-state index in [4.69, 9.17) is 10.5 Å². The number of fused-ring (bicyclic) bond motifs is 2. The molecule has 0 spiro atoms. The van der Waals surface area contributed by atoms with E-state index in [1.165, 1.54) is 12.1 Å². The number of carbonyl (C=O) groups excluding carboxylic acids is 1. The maximum absolute atomic E-state index is 13.1. The predicted molar refractivity (Wildman–Crippen MR) is 140 cm³/mol. The lowest BCUT2D eigenvalue weighted by Crippen LogP contribution is -2.43. The Kier molecular flexibility index (Phi) is 5.79. The zero-order chi connectivity index (χ0) is 27.5. The van der Waals surface area contributed by atoms with Crippen LogP contribution in [0.25, 0.3) is 22.0 Å². The number of amides is 1. The fourth-order valence-corrected chi connectivity index (χ4v) is 5.53. The number of hydrogen-bond acceptors (Lipinski definition) is 5. The van der Waals surface area contributed by atoms with Crippen LogP contribution in [-0.2, 0) is 35.1 Å². The van der Waals surface area contributed by atoms with Crippen LogP contribution in [0.15, 0.2) is 53.5 Å². The van der Waals surface area contributed by atoms with Crippen LogP contribution in [0, 0.1) is 5.41 Å². The molecule has 0 radical (unpaired) electrons. The van der Waals surface area contributed by atoms with Gasteiger partial charge >= 0.3 is 6.18 Å². The Labute approximate surface area is 221 Å². The summed E-state index contributed by atoms with van der Waals surface area (Å²) in [6.07, 6.45) is -2.09. The van der Waals surface area contributed by atoms with Gasteiger partial charge in [0.2, 0.25) is 5.91 Å². The lowest BCUT2D eigenvalue weighted by molar-refractivity contribution is -0.137. The molecule has 39 heavy (non-hydrogen) atoms. The Morgan fingerprint density at radius 1 is 1.21 bits per heavy atom. The van der Waals surface area contributed by atoms with Crippen LogP contribution in [0.1, 0.15) is 23.6 Å². The summed E-state index contributed by atoms with van der Waals surface area (Å²) in [7, 11) is 0. The summed E-state index contributed by atoms with van der Waals surface area (Å²) in [5, 5.41) is 7.02. The van der Waals surface area contributed by atoms with Crippen molar-refractivity contribution < 1.29 is 22.7 Å². The van der Waals surface area contributed by atoms with Gasteiger partial charge < -0.3 is 19.9 Å². The molecule has 2 aliphatic rings. The molecule has 4 heterocycles. The molecule has 0 saturated carbocycles. The molecule has 8 nitrogen and oxygen atoms in total. The molecule has 4 aromatic rings. The zero-order valence-electron chi connectivity index (χ0n) is 21.1. The maximum Gasteiger partial charge on any atom is 0.416 e. The molecule has 0 bridgehead atoms. The topological polar surface area (TPSA) is 106 Å². The molecule has 2 aromatic carbocycles. The summed E-state index contributed by atoms with van der Waals surface area (Å²) in [5.41, 5.74) is 9.05. The number of nitrogens with zero attached hydrogens (tertiary/aromatic N) is 3. The second-order valence-corrected chi connectivity index (χ2v) is 10.6. The van der Waals surface area contributed by atoms with Crippen LogP contribution in [0.3, 0.4) is 0 Å². The van der Waals surface area contributed by atoms with Gasteiger partial charge in [-0.15, -0.1) is 0 Å². The van der Waals surface area contributed by atoms with E-state index < -0.39 is 11.7 Å². The number of aromatic amines is 1. The van der Waals surface area contributed by atoms with Crippen LogP contribution in [0.4, 0.5) is 24.7 Å². The van der Waals surface area contributed by atoms with Crippen molar-refractivity contribution in [3.05, 3.63) is 75.7 Å². The Balaban J connectivity index is 1.31. The molecule has 1 amide bonds. The molecule has 1 saturated heterocycles. The minimum atomic E-state index is -4.47. The van der Waals surface area contributed by atoms with E-state index in [2.05, 4.69) is 17.1 Å². The van der Waals surface area contributed by atoms with E-state index in [0.29, 0.717) is 49.2 Å². The summed E-state index contributed by atoms with van der Waals surface area (Å²) in [6, 6.07) is 10.5. The number of anilines is 2. The highest BCUT2D eigenvalue weighted by atomic mass is 19.4. The van der Waals surface area contributed by atoms with Crippen molar-refractivity contribution in [1.29, 1.82) is 0 Å². The van der Waals surface area contributed by atoms with Gasteiger partial charge in [-0.25, -0.2) is 5.10 Å². The van der Waals surface area contributed by atoms with Gasteiger partial charge in [0, 0.05) is 36.0 Å². The molecule has 202 valence electrons. The highest BCUT2D eigenvalue weighted by molar-refractivity contribution is 6.03. The number of rotatable bonds is 5. The highest BCUT2D eigenvalue weighted by Crippen LogP contribution is 2.39. The normalized spacial score (nSPS) is 16.4. The van der Waals surface area contributed by atoms with Crippen molar-refractivity contribution >= 4 is 28.3 Å². The number of nitrogen functional groups attached to an aromatic ring is 1. The standard InChI is InChI=1S/C28H26F3N5O3/c1-27(14-39-15-27)13-35-12-20(23-24(35)26(38)34-33-25(23)32)17-5-6-21-18(11-17)7-8-36(21)22(37)10-16-3-2-4-19(9-16)28(29,30)31/h2-6,9,11-12H,7-8,10,13-15H2,1H3,(H2,32,33)(H,34,38). The van der Waals surface area contributed by atoms with Gasteiger partial charge in [-0.1, -0.05) is 31.2 Å². The molecule has 0 atom stereocenters. The maximum atomic E-state index is 13.1. The minimum absolute atomic E-state index is 0.0912. The predicted octanol–water partition coefficient (Wildman–Crippen LogP) is 4.16. The van der Waals surface area contributed by atoms with E-state index in [0.717, 1.165) is 34.5 Å². The monoisotopic (exact) mass is 537 g/mol. The van der Waals surface area contributed by atoms with Crippen molar-refractivity contribution in [2.75, 3.05) is 30.4 Å². The van der Waals surface area contributed by atoms with Crippen molar-refractivity contribution in [2.24, 2.45) is 5.41 Å². The van der Waals surface area contributed by atoms with Crippen LogP contribution >= 0.6 is 0 Å². The number of H-pyrrole nitrogens is 1. The molecule has 2 aliphatic heterocycles. The first kappa shape index (κ1) is 25.2. The van der Waals surface area contributed by atoms with Gasteiger partial charge in [0.15, 0.2) is 5.82 Å². The van der Waals surface area contributed by atoms with Crippen molar-refractivity contribution in [2.45, 2.75) is 32.5 Å². The molecule has 0 aliphatic carbocycles. The zero-order valence-corrected chi connectivity index (χ0v) is 21.1. The van der Waals surface area contributed by atoms with Crippen LogP contribution in [0.2, 0.25) is 0 Å². The Hall–Kier alpha value is -4.12. The number of halogens is 3. The number of aromatic nitrogens is 3. The summed E-state index contributed by atoms with van der Waals surface area (Å²) in [6.45, 7) is 4.31. The third kappa shape index (κ3) is 4.46. The van der Waals surface area contributed by atoms with Gasteiger partial charge in [-0.05, 0) is 41.3 Å². The molecule has 6 rings (SSSR count). The second kappa shape index (κ2) is 8.98. The van der Waals surface area contributed by atoms with Crippen molar-refractivity contribution in [3.8, 4) is 11.1 Å². The van der Waals surface area contributed by atoms with E-state index in [1.807, 2.05) is 29.0 Å². The molecule has 11 heteroatoms. The number of carbonyl (C=O) groups is 1. The Morgan fingerprint density at radius 3 is 2.72 bits per heavy atom. The molecular formula is C28H26F3N5O3. The average molecular weight is 538 g/mol.